The Hall–Kier alpha value is -2.60. The first-order valence-electron chi connectivity index (χ1n) is 7.45. The quantitative estimate of drug-likeness (QED) is 0.858. The molecule has 0 saturated carbocycles. The van der Waals surface area contributed by atoms with Gasteiger partial charge >= 0.3 is 0 Å². The zero-order chi connectivity index (χ0) is 16.9. The molecule has 2 aromatic rings. The molecular weight excluding hydrogens is 324 g/mol. The van der Waals surface area contributed by atoms with E-state index in [-0.39, 0.29) is 18.3 Å². The predicted octanol–water partition coefficient (Wildman–Crippen LogP) is 3.16. The Morgan fingerprint density at radius 1 is 1.17 bits per heavy atom. The molecule has 1 aliphatic heterocycles. The first kappa shape index (κ1) is 16.3. The molecule has 0 N–H and O–H groups in total. The van der Waals surface area contributed by atoms with Crippen LogP contribution in [0.25, 0.3) is 0 Å². The predicted molar refractivity (Wildman–Crippen MR) is 94.5 cm³/mol. The van der Waals surface area contributed by atoms with Crippen molar-refractivity contribution in [1.29, 1.82) is 0 Å². The van der Waals surface area contributed by atoms with Gasteiger partial charge in [0, 0.05) is 0 Å². The third-order valence-electron chi connectivity index (χ3n) is 3.38. The molecule has 0 radical (unpaired) electrons. The number of rotatable bonds is 4. The molecule has 5 nitrogen and oxygen atoms in total. The highest BCUT2D eigenvalue weighted by Gasteiger charge is 2.34. The van der Waals surface area contributed by atoms with Gasteiger partial charge in [-0.2, -0.15) is 0 Å². The molecule has 1 fully saturated rings. The second-order valence-corrected chi connectivity index (χ2v) is 6.19. The Bertz CT molecular complexity index is 773. The van der Waals surface area contributed by atoms with Crippen LogP contribution < -0.4 is 4.74 Å². The SMILES string of the molecule is Cc1ccc(OCC(=O)N2C(=O)CSC2=Nc2ccccc2)cc1. The summed E-state index contributed by atoms with van der Waals surface area (Å²) in [7, 11) is 0. The number of nitrogens with zero attached hydrogens (tertiary/aromatic N) is 2. The molecule has 3 rings (SSSR count). The highest BCUT2D eigenvalue weighted by molar-refractivity contribution is 8.15. The molecule has 1 saturated heterocycles. The van der Waals surface area contributed by atoms with Gasteiger partial charge in [-0.15, -0.1) is 0 Å². The third kappa shape index (κ3) is 3.83. The number of hydrogen-bond acceptors (Lipinski definition) is 5. The number of amidine groups is 1. The van der Waals surface area contributed by atoms with E-state index < -0.39 is 5.91 Å². The van der Waals surface area contributed by atoms with Gasteiger partial charge in [0.1, 0.15) is 5.75 Å². The van der Waals surface area contributed by atoms with Gasteiger partial charge < -0.3 is 4.74 Å². The maximum atomic E-state index is 12.4. The van der Waals surface area contributed by atoms with Crippen molar-refractivity contribution < 1.29 is 14.3 Å². The minimum absolute atomic E-state index is 0.205. The van der Waals surface area contributed by atoms with Gasteiger partial charge in [0.15, 0.2) is 11.8 Å². The minimum atomic E-state index is -0.416. The van der Waals surface area contributed by atoms with Gasteiger partial charge in [0.05, 0.1) is 11.4 Å². The Labute approximate surface area is 144 Å². The molecular formula is C18H16N2O3S. The molecule has 0 aliphatic carbocycles. The van der Waals surface area contributed by atoms with Crippen LogP contribution in [0.3, 0.4) is 0 Å². The van der Waals surface area contributed by atoms with E-state index in [9.17, 15) is 9.59 Å². The molecule has 1 aliphatic rings. The zero-order valence-corrected chi connectivity index (χ0v) is 14.0. The van der Waals surface area contributed by atoms with Crippen molar-refractivity contribution >= 4 is 34.4 Å². The van der Waals surface area contributed by atoms with E-state index in [1.807, 2.05) is 49.4 Å². The maximum Gasteiger partial charge on any atom is 0.273 e. The summed E-state index contributed by atoms with van der Waals surface area (Å²) in [6.07, 6.45) is 0. The highest BCUT2D eigenvalue weighted by Crippen LogP contribution is 2.24. The first-order valence-corrected chi connectivity index (χ1v) is 8.44. The first-order chi connectivity index (χ1) is 11.6. The molecule has 0 aromatic heterocycles. The van der Waals surface area contributed by atoms with Gasteiger partial charge in [-0.1, -0.05) is 47.7 Å². The lowest BCUT2D eigenvalue weighted by molar-refractivity contribution is -0.138. The lowest BCUT2D eigenvalue weighted by Crippen LogP contribution is -2.39. The summed E-state index contributed by atoms with van der Waals surface area (Å²) in [4.78, 5) is 29.9. The molecule has 0 bridgehead atoms. The number of para-hydroxylation sites is 1. The fourth-order valence-electron chi connectivity index (χ4n) is 2.15. The second kappa shape index (κ2) is 7.31. The van der Waals surface area contributed by atoms with Gasteiger partial charge in [-0.05, 0) is 31.2 Å². The Morgan fingerprint density at radius 3 is 2.58 bits per heavy atom. The molecule has 122 valence electrons. The minimum Gasteiger partial charge on any atom is -0.484 e. The standard InChI is InChI=1S/C18H16N2O3S/c1-13-7-9-15(10-8-13)23-11-16(21)20-17(22)12-24-18(20)19-14-5-3-2-4-6-14/h2-10H,11-12H2,1H3. The number of carbonyl (C=O) groups is 2. The summed E-state index contributed by atoms with van der Waals surface area (Å²) in [5.74, 6) is 0.115. The number of thioether (sulfide) groups is 1. The Morgan fingerprint density at radius 2 is 1.88 bits per heavy atom. The zero-order valence-electron chi connectivity index (χ0n) is 13.1. The van der Waals surface area contributed by atoms with Crippen molar-refractivity contribution in [3.05, 3.63) is 60.2 Å². The molecule has 0 atom stereocenters. The summed E-state index contributed by atoms with van der Waals surface area (Å²) in [5, 5.41) is 0.392. The second-order valence-electron chi connectivity index (χ2n) is 5.24. The fraction of sp³-hybridized carbons (Fsp3) is 0.167. The van der Waals surface area contributed by atoms with Crippen LogP contribution in [-0.4, -0.2) is 34.2 Å². The molecule has 0 spiro atoms. The van der Waals surface area contributed by atoms with Gasteiger partial charge in [0.2, 0.25) is 5.91 Å². The molecule has 1 heterocycles. The summed E-state index contributed by atoms with van der Waals surface area (Å²) in [6, 6.07) is 16.6. The smallest absolute Gasteiger partial charge is 0.273 e. The van der Waals surface area contributed by atoms with Crippen molar-refractivity contribution in [2.75, 3.05) is 12.4 Å². The van der Waals surface area contributed by atoms with Crippen molar-refractivity contribution in [3.8, 4) is 5.75 Å². The van der Waals surface area contributed by atoms with E-state index in [1.165, 1.54) is 11.8 Å². The molecule has 6 heteroatoms. The van der Waals surface area contributed by atoms with Gasteiger partial charge in [-0.3, -0.25) is 9.59 Å². The summed E-state index contributed by atoms with van der Waals surface area (Å²) in [5.41, 5.74) is 1.81. The van der Waals surface area contributed by atoms with E-state index in [0.29, 0.717) is 16.6 Å². The van der Waals surface area contributed by atoms with Crippen LogP contribution in [0.2, 0.25) is 0 Å². The third-order valence-corrected chi connectivity index (χ3v) is 4.30. The summed E-state index contributed by atoms with van der Waals surface area (Å²) < 4.78 is 5.47. The largest absolute Gasteiger partial charge is 0.484 e. The normalized spacial score (nSPS) is 15.8. The lowest BCUT2D eigenvalue weighted by Gasteiger charge is -2.14. The number of aryl methyl sites for hydroxylation is 1. The van der Waals surface area contributed by atoms with Crippen LogP contribution in [0.4, 0.5) is 5.69 Å². The van der Waals surface area contributed by atoms with Crippen LogP contribution in [-0.2, 0) is 9.59 Å². The Balaban J connectivity index is 1.70. The monoisotopic (exact) mass is 340 g/mol. The van der Waals surface area contributed by atoms with Crippen LogP contribution in [0.5, 0.6) is 5.75 Å². The van der Waals surface area contributed by atoms with Crippen LogP contribution in [0, 0.1) is 6.92 Å². The molecule has 0 unspecified atom stereocenters. The summed E-state index contributed by atoms with van der Waals surface area (Å²) >= 11 is 1.26. The number of imide groups is 1. The van der Waals surface area contributed by atoms with Crippen molar-refractivity contribution in [2.45, 2.75) is 6.92 Å². The number of amides is 2. The summed E-state index contributed by atoms with van der Waals surface area (Å²) in [6.45, 7) is 1.77. The van der Waals surface area contributed by atoms with Crippen LogP contribution in [0.15, 0.2) is 59.6 Å². The highest BCUT2D eigenvalue weighted by atomic mass is 32.2. The van der Waals surface area contributed by atoms with Crippen molar-refractivity contribution in [1.82, 2.24) is 4.90 Å². The van der Waals surface area contributed by atoms with Crippen LogP contribution in [0.1, 0.15) is 5.56 Å². The van der Waals surface area contributed by atoms with Gasteiger partial charge in [-0.25, -0.2) is 9.89 Å². The molecule has 24 heavy (non-hydrogen) atoms. The number of carbonyl (C=O) groups excluding carboxylic acids is 2. The Kier molecular flexibility index (Phi) is 4.96. The van der Waals surface area contributed by atoms with Crippen LogP contribution >= 0.6 is 11.8 Å². The topological polar surface area (TPSA) is 59.0 Å². The van der Waals surface area contributed by atoms with Gasteiger partial charge in [0.25, 0.3) is 5.91 Å². The number of hydrogen-bond donors (Lipinski definition) is 0. The number of benzene rings is 2. The number of ether oxygens (including phenoxy) is 1. The maximum absolute atomic E-state index is 12.4. The van der Waals surface area contributed by atoms with E-state index in [1.54, 1.807) is 12.1 Å². The van der Waals surface area contributed by atoms with E-state index in [0.717, 1.165) is 10.5 Å². The van der Waals surface area contributed by atoms with E-state index in [4.69, 9.17) is 4.74 Å². The van der Waals surface area contributed by atoms with Crippen molar-refractivity contribution in [2.24, 2.45) is 4.99 Å². The molecule has 2 aromatic carbocycles. The lowest BCUT2D eigenvalue weighted by atomic mass is 10.2. The molecule has 2 amide bonds. The average Bonchev–Trinajstić information content (AvgIpc) is 2.95. The fourth-order valence-corrected chi connectivity index (χ4v) is 3.03. The van der Waals surface area contributed by atoms with E-state index in [2.05, 4.69) is 4.99 Å². The van der Waals surface area contributed by atoms with Crippen molar-refractivity contribution in [3.63, 3.8) is 0 Å². The number of aliphatic imine (C=N–C) groups is 1. The average molecular weight is 340 g/mol. The van der Waals surface area contributed by atoms with E-state index >= 15 is 0 Å².